The minimum atomic E-state index is -0.528. The van der Waals surface area contributed by atoms with Gasteiger partial charge >= 0.3 is 11.9 Å². The molecule has 0 spiro atoms. The third-order valence-corrected chi connectivity index (χ3v) is 14.8. The van der Waals surface area contributed by atoms with Crippen LogP contribution in [0, 0.1) is 0 Å². The Balaban J connectivity index is 4.19. The van der Waals surface area contributed by atoms with Crippen LogP contribution in [0.25, 0.3) is 0 Å². The van der Waals surface area contributed by atoms with E-state index in [1.54, 1.807) is 0 Å². The molecule has 0 aliphatic carbocycles. The van der Waals surface area contributed by atoms with E-state index in [4.69, 9.17) is 14.2 Å². The van der Waals surface area contributed by atoms with Gasteiger partial charge in [0, 0.05) is 19.4 Å². The van der Waals surface area contributed by atoms with E-state index in [0.29, 0.717) is 26.1 Å². The van der Waals surface area contributed by atoms with Crippen molar-refractivity contribution in [2.45, 2.75) is 374 Å². The fraction of sp³-hybridized carbons (Fsp3) is 0.938. The summed E-state index contributed by atoms with van der Waals surface area (Å²) in [4.78, 5) is 25.6. The summed E-state index contributed by atoms with van der Waals surface area (Å²) in [6.07, 6.45) is 73.9. The number of unbranched alkanes of at least 4 members (excludes halogenated alkanes) is 48. The SMILES string of the molecule is CCCCCCCC/C=C\CCCCCCCCCCCCCC(=O)O[C@H](COCCCCCCCCCCCCCCCCCC)COC(=O)CCCCCCCCCCCCCCCCCCC. The van der Waals surface area contributed by atoms with Gasteiger partial charge in [0.2, 0.25) is 0 Å². The van der Waals surface area contributed by atoms with Crippen LogP contribution in [0.4, 0.5) is 0 Å². The molecule has 1 atom stereocenters. The first kappa shape index (κ1) is 68.6. The average Bonchev–Trinajstić information content (AvgIpc) is 3.36. The first-order valence-electron chi connectivity index (χ1n) is 32.2. The molecule has 416 valence electrons. The van der Waals surface area contributed by atoms with Gasteiger partial charge in [-0.25, -0.2) is 0 Å². The van der Waals surface area contributed by atoms with Crippen LogP contribution in [0.3, 0.4) is 0 Å². The molecule has 5 heteroatoms. The van der Waals surface area contributed by atoms with E-state index in [9.17, 15) is 9.59 Å². The summed E-state index contributed by atoms with van der Waals surface area (Å²) in [5.41, 5.74) is 0. The Bertz CT molecular complexity index is 1030. The largest absolute Gasteiger partial charge is 0.462 e. The molecule has 0 aromatic rings. The van der Waals surface area contributed by atoms with Crippen LogP contribution in [-0.4, -0.2) is 37.9 Å². The van der Waals surface area contributed by atoms with Gasteiger partial charge in [-0.05, 0) is 44.9 Å². The van der Waals surface area contributed by atoms with E-state index >= 15 is 0 Å². The lowest BCUT2D eigenvalue weighted by Gasteiger charge is -2.18. The highest BCUT2D eigenvalue weighted by Gasteiger charge is 2.18. The molecule has 0 saturated heterocycles. The maximum Gasteiger partial charge on any atom is 0.306 e. The molecule has 5 nitrogen and oxygen atoms in total. The molecule has 0 aliphatic rings. The zero-order chi connectivity index (χ0) is 50.6. The number of carbonyl (C=O) groups excluding carboxylic acids is 2. The Morgan fingerprint density at radius 3 is 0.871 bits per heavy atom. The molecule has 0 aromatic heterocycles. The lowest BCUT2D eigenvalue weighted by atomic mass is 10.0. The average molecular weight is 988 g/mol. The maximum atomic E-state index is 12.9. The Labute approximate surface area is 439 Å². The van der Waals surface area contributed by atoms with E-state index in [-0.39, 0.29) is 18.5 Å². The molecule has 0 amide bonds. The lowest BCUT2D eigenvalue weighted by molar-refractivity contribution is -0.163. The molecule has 0 unspecified atom stereocenters. The summed E-state index contributed by atoms with van der Waals surface area (Å²) < 4.78 is 17.6. The molecule has 0 saturated carbocycles. The second-order valence-electron chi connectivity index (χ2n) is 22.0. The van der Waals surface area contributed by atoms with E-state index < -0.39 is 6.10 Å². The van der Waals surface area contributed by atoms with Crippen molar-refractivity contribution < 1.29 is 23.8 Å². The minimum Gasteiger partial charge on any atom is -0.462 e. The molecule has 0 rings (SSSR count). The quantitative estimate of drug-likeness (QED) is 0.0345. The van der Waals surface area contributed by atoms with Gasteiger partial charge in [-0.2, -0.15) is 0 Å². The molecule has 0 aliphatic heterocycles. The van der Waals surface area contributed by atoms with E-state index in [2.05, 4.69) is 32.9 Å². The monoisotopic (exact) mass is 987 g/mol. The Hall–Kier alpha value is -1.36. The Kier molecular flexibility index (Phi) is 60.7. The number of ether oxygens (including phenoxy) is 3. The zero-order valence-electron chi connectivity index (χ0n) is 48.1. The summed E-state index contributed by atoms with van der Waals surface area (Å²) in [6, 6.07) is 0. The molecule has 0 aromatic carbocycles. The fourth-order valence-corrected chi connectivity index (χ4v) is 9.98. The van der Waals surface area contributed by atoms with E-state index in [1.165, 1.54) is 302 Å². The van der Waals surface area contributed by atoms with Crippen LogP contribution in [0.2, 0.25) is 0 Å². The fourth-order valence-electron chi connectivity index (χ4n) is 9.98. The van der Waals surface area contributed by atoms with Gasteiger partial charge in [0.15, 0.2) is 6.10 Å². The zero-order valence-corrected chi connectivity index (χ0v) is 48.1. The van der Waals surface area contributed by atoms with Gasteiger partial charge in [0.1, 0.15) is 6.61 Å². The smallest absolute Gasteiger partial charge is 0.306 e. The minimum absolute atomic E-state index is 0.0961. The van der Waals surface area contributed by atoms with Crippen LogP contribution >= 0.6 is 0 Å². The third-order valence-electron chi connectivity index (χ3n) is 14.8. The number of allylic oxidation sites excluding steroid dienone is 2. The van der Waals surface area contributed by atoms with Crippen LogP contribution < -0.4 is 0 Å². The van der Waals surface area contributed by atoms with Crippen molar-refractivity contribution in [1.82, 2.24) is 0 Å². The van der Waals surface area contributed by atoms with Gasteiger partial charge in [-0.3, -0.25) is 9.59 Å². The molecular formula is C65H126O5. The van der Waals surface area contributed by atoms with Crippen molar-refractivity contribution in [3.63, 3.8) is 0 Å². The number of esters is 2. The summed E-state index contributed by atoms with van der Waals surface area (Å²) >= 11 is 0. The molecule has 0 fully saturated rings. The molecule has 0 N–H and O–H groups in total. The van der Waals surface area contributed by atoms with Crippen LogP contribution in [0.1, 0.15) is 367 Å². The summed E-state index contributed by atoms with van der Waals surface area (Å²) in [5, 5.41) is 0. The lowest BCUT2D eigenvalue weighted by Crippen LogP contribution is -2.30. The van der Waals surface area contributed by atoms with E-state index in [0.717, 1.165) is 32.1 Å². The number of carbonyl (C=O) groups is 2. The Morgan fingerprint density at radius 1 is 0.300 bits per heavy atom. The maximum absolute atomic E-state index is 12.9. The van der Waals surface area contributed by atoms with Crippen molar-refractivity contribution in [3.8, 4) is 0 Å². The number of hydrogen-bond donors (Lipinski definition) is 0. The van der Waals surface area contributed by atoms with Crippen molar-refractivity contribution in [1.29, 1.82) is 0 Å². The highest BCUT2D eigenvalue weighted by Crippen LogP contribution is 2.18. The predicted molar refractivity (Wildman–Crippen MR) is 307 cm³/mol. The third kappa shape index (κ3) is 59.2. The van der Waals surface area contributed by atoms with Crippen LogP contribution in [-0.2, 0) is 23.8 Å². The van der Waals surface area contributed by atoms with Gasteiger partial charge in [0.25, 0.3) is 0 Å². The van der Waals surface area contributed by atoms with Crippen molar-refractivity contribution in [3.05, 3.63) is 12.2 Å². The molecule has 0 heterocycles. The second kappa shape index (κ2) is 61.9. The summed E-state index contributed by atoms with van der Waals surface area (Å²) in [6.45, 7) is 7.93. The van der Waals surface area contributed by atoms with Crippen molar-refractivity contribution in [2.24, 2.45) is 0 Å². The highest BCUT2D eigenvalue weighted by atomic mass is 16.6. The van der Waals surface area contributed by atoms with Crippen LogP contribution in [0.5, 0.6) is 0 Å². The highest BCUT2D eigenvalue weighted by molar-refractivity contribution is 5.70. The first-order valence-corrected chi connectivity index (χ1v) is 32.2. The van der Waals surface area contributed by atoms with E-state index in [1.807, 2.05) is 0 Å². The summed E-state index contributed by atoms with van der Waals surface area (Å²) in [7, 11) is 0. The first-order chi connectivity index (χ1) is 34.6. The normalized spacial score (nSPS) is 12.1. The topological polar surface area (TPSA) is 61.8 Å². The van der Waals surface area contributed by atoms with Crippen molar-refractivity contribution in [2.75, 3.05) is 19.8 Å². The second-order valence-corrected chi connectivity index (χ2v) is 22.0. The van der Waals surface area contributed by atoms with Gasteiger partial charge in [-0.15, -0.1) is 0 Å². The van der Waals surface area contributed by atoms with Gasteiger partial charge in [-0.1, -0.05) is 322 Å². The molecular weight excluding hydrogens is 861 g/mol. The molecule has 70 heavy (non-hydrogen) atoms. The number of rotatable bonds is 61. The Morgan fingerprint density at radius 2 is 0.557 bits per heavy atom. The standard InChI is InChI=1S/C65H126O5/c1-4-7-10-13-16-19-22-25-28-31-32-33-34-36-38-41-44-47-50-53-56-59-65(67)70-63(61-68-60-57-54-51-48-45-42-39-30-27-24-21-18-15-12-9-6-3)62-69-64(66)58-55-52-49-46-43-40-37-35-29-26-23-20-17-14-11-8-5-2/h25,28,63H,4-24,26-27,29-62H2,1-3H3/b28-25-/t63-/m1/s1. The van der Waals surface area contributed by atoms with Gasteiger partial charge in [0.05, 0.1) is 6.61 Å². The van der Waals surface area contributed by atoms with Gasteiger partial charge < -0.3 is 14.2 Å². The van der Waals surface area contributed by atoms with Crippen molar-refractivity contribution >= 4 is 11.9 Å². The number of hydrogen-bond acceptors (Lipinski definition) is 5. The summed E-state index contributed by atoms with van der Waals surface area (Å²) in [5.74, 6) is -0.366. The molecule has 0 radical (unpaired) electrons. The molecule has 0 bridgehead atoms. The predicted octanol–water partition coefficient (Wildman–Crippen LogP) is 22.1. The van der Waals surface area contributed by atoms with Crippen LogP contribution in [0.15, 0.2) is 12.2 Å².